The van der Waals surface area contributed by atoms with E-state index in [1.807, 2.05) is 0 Å². The van der Waals surface area contributed by atoms with Crippen LogP contribution in [0.15, 0.2) is 24.3 Å². The molecule has 1 rings (SSSR count). The summed E-state index contributed by atoms with van der Waals surface area (Å²) in [6.07, 6.45) is 0. The molecule has 1 unspecified atom stereocenters. The largest absolute Gasteiger partial charge is 0.497 e. The molecule has 5 heteroatoms. The summed E-state index contributed by atoms with van der Waals surface area (Å²) in [6.45, 7) is -0.522. The maximum Gasteiger partial charge on any atom is 0.332 e. The van der Waals surface area contributed by atoms with Gasteiger partial charge in [0, 0.05) is 0 Å². The Labute approximate surface area is 93.8 Å². The zero-order valence-corrected chi connectivity index (χ0v) is 9.27. The van der Waals surface area contributed by atoms with Gasteiger partial charge >= 0.3 is 5.97 Å². The highest BCUT2D eigenvalue weighted by molar-refractivity contribution is 5.82. The first-order valence-corrected chi connectivity index (χ1v) is 4.71. The van der Waals surface area contributed by atoms with Crippen molar-refractivity contribution in [3.05, 3.63) is 29.8 Å². The second-order valence-electron chi connectivity index (χ2n) is 3.35. The molecule has 0 amide bonds. The standard InChI is InChI=1S/C11H15NO4/c1-15-9-5-3-8(4-6-9)11(12,7-13)10(14)16-2/h3-6,13H,7,12H2,1-2H3. The third-order valence-electron chi connectivity index (χ3n) is 2.40. The topological polar surface area (TPSA) is 81.8 Å². The van der Waals surface area contributed by atoms with E-state index in [0.717, 1.165) is 0 Å². The van der Waals surface area contributed by atoms with Crippen LogP contribution in [0.3, 0.4) is 0 Å². The van der Waals surface area contributed by atoms with E-state index in [-0.39, 0.29) is 0 Å². The number of ether oxygens (including phenoxy) is 2. The minimum Gasteiger partial charge on any atom is -0.497 e. The molecule has 0 spiro atoms. The fourth-order valence-electron chi connectivity index (χ4n) is 1.34. The lowest BCUT2D eigenvalue weighted by atomic mass is 9.92. The van der Waals surface area contributed by atoms with Gasteiger partial charge in [0.2, 0.25) is 0 Å². The zero-order chi connectivity index (χ0) is 12.2. The predicted molar refractivity (Wildman–Crippen MR) is 58.0 cm³/mol. The maximum absolute atomic E-state index is 11.5. The lowest BCUT2D eigenvalue weighted by Crippen LogP contribution is -2.48. The van der Waals surface area contributed by atoms with Crippen molar-refractivity contribution in [1.82, 2.24) is 0 Å². The Hall–Kier alpha value is -1.59. The number of carbonyl (C=O) groups excluding carboxylic acids is 1. The molecule has 0 radical (unpaired) electrons. The summed E-state index contributed by atoms with van der Waals surface area (Å²) in [5.74, 6) is -0.0333. The number of hydrogen-bond donors (Lipinski definition) is 2. The van der Waals surface area contributed by atoms with Crippen LogP contribution in [0.1, 0.15) is 5.56 Å². The summed E-state index contributed by atoms with van der Waals surface area (Å²) in [5.41, 5.74) is 4.75. The fraction of sp³-hybridized carbons (Fsp3) is 0.364. The van der Waals surface area contributed by atoms with Crippen LogP contribution in [0.4, 0.5) is 0 Å². The average Bonchev–Trinajstić information content (AvgIpc) is 2.36. The van der Waals surface area contributed by atoms with Gasteiger partial charge in [-0.05, 0) is 17.7 Å². The lowest BCUT2D eigenvalue weighted by Gasteiger charge is -2.24. The Balaban J connectivity index is 3.07. The van der Waals surface area contributed by atoms with E-state index in [1.54, 1.807) is 24.3 Å². The van der Waals surface area contributed by atoms with Crippen molar-refractivity contribution in [2.75, 3.05) is 20.8 Å². The number of nitrogens with two attached hydrogens (primary N) is 1. The van der Waals surface area contributed by atoms with Crippen LogP contribution in [0.5, 0.6) is 5.75 Å². The molecule has 1 aromatic carbocycles. The van der Waals surface area contributed by atoms with Gasteiger partial charge in [-0.25, -0.2) is 4.79 Å². The molecular weight excluding hydrogens is 210 g/mol. The molecule has 5 nitrogen and oxygen atoms in total. The zero-order valence-electron chi connectivity index (χ0n) is 9.27. The first-order valence-electron chi connectivity index (χ1n) is 4.71. The number of carbonyl (C=O) groups is 1. The van der Waals surface area contributed by atoms with Gasteiger partial charge in [0.15, 0.2) is 5.54 Å². The van der Waals surface area contributed by atoms with Crippen LogP contribution in [0.2, 0.25) is 0 Å². The van der Waals surface area contributed by atoms with Crippen LogP contribution in [0.25, 0.3) is 0 Å². The molecule has 1 atom stereocenters. The van der Waals surface area contributed by atoms with Crippen molar-refractivity contribution in [3.8, 4) is 5.75 Å². The van der Waals surface area contributed by atoms with Gasteiger partial charge in [-0.15, -0.1) is 0 Å². The molecule has 0 saturated carbocycles. The van der Waals surface area contributed by atoms with Gasteiger partial charge in [-0.2, -0.15) is 0 Å². The summed E-state index contributed by atoms with van der Waals surface area (Å²) in [6, 6.07) is 6.56. The highest BCUT2D eigenvalue weighted by Gasteiger charge is 2.36. The number of benzene rings is 1. The predicted octanol–water partition coefficient (Wildman–Crippen LogP) is 0.0145. The molecule has 16 heavy (non-hydrogen) atoms. The lowest BCUT2D eigenvalue weighted by molar-refractivity contribution is -0.149. The first-order chi connectivity index (χ1) is 7.58. The molecule has 0 aromatic heterocycles. The molecule has 0 aliphatic carbocycles. The number of rotatable bonds is 4. The molecular formula is C11H15NO4. The van der Waals surface area contributed by atoms with Gasteiger partial charge in [0.05, 0.1) is 20.8 Å². The molecule has 88 valence electrons. The number of methoxy groups -OCH3 is 2. The molecule has 0 aliphatic rings. The monoisotopic (exact) mass is 225 g/mol. The van der Waals surface area contributed by atoms with Crippen LogP contribution < -0.4 is 10.5 Å². The Bertz CT molecular complexity index is 363. The van der Waals surface area contributed by atoms with Crippen molar-refractivity contribution >= 4 is 5.97 Å². The van der Waals surface area contributed by atoms with Gasteiger partial charge in [-0.3, -0.25) is 0 Å². The Kier molecular flexibility index (Phi) is 3.87. The highest BCUT2D eigenvalue weighted by Crippen LogP contribution is 2.22. The molecule has 0 saturated heterocycles. The Morgan fingerprint density at radius 3 is 2.31 bits per heavy atom. The normalized spacial score (nSPS) is 14.0. The average molecular weight is 225 g/mol. The van der Waals surface area contributed by atoms with Crippen molar-refractivity contribution in [2.24, 2.45) is 5.73 Å². The van der Waals surface area contributed by atoms with Crippen LogP contribution >= 0.6 is 0 Å². The van der Waals surface area contributed by atoms with E-state index in [2.05, 4.69) is 4.74 Å². The number of aliphatic hydroxyl groups excluding tert-OH is 1. The number of hydrogen-bond acceptors (Lipinski definition) is 5. The second kappa shape index (κ2) is 4.96. The van der Waals surface area contributed by atoms with E-state index in [0.29, 0.717) is 11.3 Å². The van der Waals surface area contributed by atoms with Gasteiger partial charge in [0.25, 0.3) is 0 Å². The minimum atomic E-state index is -1.53. The smallest absolute Gasteiger partial charge is 0.332 e. The minimum absolute atomic E-state index is 0.475. The number of aliphatic hydroxyl groups is 1. The van der Waals surface area contributed by atoms with E-state index in [4.69, 9.17) is 10.5 Å². The Morgan fingerprint density at radius 1 is 1.38 bits per heavy atom. The molecule has 0 aliphatic heterocycles. The summed E-state index contributed by atoms with van der Waals surface area (Å²) in [4.78, 5) is 11.5. The molecule has 3 N–H and O–H groups in total. The third kappa shape index (κ3) is 2.15. The maximum atomic E-state index is 11.5. The highest BCUT2D eigenvalue weighted by atomic mass is 16.5. The first kappa shape index (κ1) is 12.5. The van der Waals surface area contributed by atoms with Gasteiger partial charge in [-0.1, -0.05) is 12.1 Å². The van der Waals surface area contributed by atoms with Crippen LogP contribution in [-0.2, 0) is 15.1 Å². The second-order valence-corrected chi connectivity index (χ2v) is 3.35. The molecule has 0 fully saturated rings. The SMILES string of the molecule is COC(=O)C(N)(CO)c1ccc(OC)cc1. The summed E-state index contributed by atoms with van der Waals surface area (Å²) in [7, 11) is 2.76. The molecule has 1 aromatic rings. The summed E-state index contributed by atoms with van der Waals surface area (Å²) < 4.78 is 9.54. The molecule has 0 bridgehead atoms. The number of esters is 1. The van der Waals surface area contributed by atoms with Crippen molar-refractivity contribution in [3.63, 3.8) is 0 Å². The fourth-order valence-corrected chi connectivity index (χ4v) is 1.34. The van der Waals surface area contributed by atoms with Crippen molar-refractivity contribution in [1.29, 1.82) is 0 Å². The third-order valence-corrected chi connectivity index (χ3v) is 2.40. The van der Waals surface area contributed by atoms with E-state index >= 15 is 0 Å². The van der Waals surface area contributed by atoms with Crippen molar-refractivity contribution in [2.45, 2.75) is 5.54 Å². The van der Waals surface area contributed by atoms with Crippen LogP contribution in [-0.4, -0.2) is 31.9 Å². The van der Waals surface area contributed by atoms with Crippen LogP contribution in [0, 0.1) is 0 Å². The Morgan fingerprint density at radius 2 is 1.94 bits per heavy atom. The van der Waals surface area contributed by atoms with E-state index < -0.39 is 18.1 Å². The summed E-state index contributed by atoms with van der Waals surface area (Å²) in [5, 5.41) is 9.21. The van der Waals surface area contributed by atoms with E-state index in [1.165, 1.54) is 14.2 Å². The van der Waals surface area contributed by atoms with Gasteiger partial charge in [0.1, 0.15) is 5.75 Å². The summed E-state index contributed by atoms with van der Waals surface area (Å²) >= 11 is 0. The van der Waals surface area contributed by atoms with Crippen molar-refractivity contribution < 1.29 is 19.4 Å². The quantitative estimate of drug-likeness (QED) is 0.706. The van der Waals surface area contributed by atoms with Gasteiger partial charge < -0.3 is 20.3 Å². The molecule has 0 heterocycles. The van der Waals surface area contributed by atoms with E-state index in [9.17, 15) is 9.90 Å².